The van der Waals surface area contributed by atoms with Crippen LogP contribution in [0.3, 0.4) is 0 Å². The molecule has 0 saturated carbocycles. The maximum absolute atomic E-state index is 13.5. The van der Waals surface area contributed by atoms with Gasteiger partial charge in [-0.1, -0.05) is 66.7 Å². The minimum absolute atomic E-state index is 0.322. The van der Waals surface area contributed by atoms with E-state index in [0.717, 1.165) is 16.0 Å². The molecule has 2 aliphatic heterocycles. The highest BCUT2D eigenvalue weighted by atomic mass is 16.6. The van der Waals surface area contributed by atoms with Gasteiger partial charge in [-0.15, -0.1) is 0 Å². The number of carbonyl (C=O) groups excluding carboxylic acids is 3. The maximum atomic E-state index is 13.5. The first kappa shape index (κ1) is 23.4. The zero-order chi connectivity index (χ0) is 25.1. The molecular weight excluding hydrogens is 458 g/mol. The van der Waals surface area contributed by atoms with E-state index in [9.17, 15) is 14.4 Å². The number of nitrogens with zero attached hydrogens (tertiary/aromatic N) is 2. The van der Waals surface area contributed by atoms with Gasteiger partial charge in [0.25, 0.3) is 5.91 Å². The van der Waals surface area contributed by atoms with Crippen molar-refractivity contribution in [2.45, 2.75) is 25.6 Å². The van der Waals surface area contributed by atoms with E-state index in [4.69, 9.17) is 9.47 Å². The van der Waals surface area contributed by atoms with E-state index in [-0.39, 0.29) is 12.5 Å². The number of fused-ring (bicyclic) bond motifs is 1. The van der Waals surface area contributed by atoms with Crippen LogP contribution < -0.4 is 14.8 Å². The molecule has 0 unspecified atom stereocenters. The van der Waals surface area contributed by atoms with Gasteiger partial charge in [0.05, 0.1) is 0 Å². The first-order valence-electron chi connectivity index (χ1n) is 11.8. The van der Waals surface area contributed by atoms with Gasteiger partial charge in [0.2, 0.25) is 5.91 Å². The van der Waals surface area contributed by atoms with Gasteiger partial charge in [0, 0.05) is 13.1 Å². The highest BCUT2D eigenvalue weighted by Gasteiger charge is 2.50. The molecule has 3 aromatic carbocycles. The minimum atomic E-state index is -1.32. The van der Waals surface area contributed by atoms with Gasteiger partial charge in [-0.2, -0.15) is 0 Å². The number of amides is 4. The average Bonchev–Trinajstić information content (AvgIpc) is 3.13. The van der Waals surface area contributed by atoms with Crippen LogP contribution in [0.25, 0.3) is 0 Å². The van der Waals surface area contributed by atoms with Gasteiger partial charge < -0.3 is 19.7 Å². The molecule has 0 spiro atoms. The van der Waals surface area contributed by atoms with Gasteiger partial charge in [0.15, 0.2) is 11.5 Å². The topological polar surface area (TPSA) is 88.2 Å². The fourth-order valence-corrected chi connectivity index (χ4v) is 4.47. The summed E-state index contributed by atoms with van der Waals surface area (Å²) in [6.45, 7) is 2.86. The molecule has 1 saturated heterocycles. The molecule has 184 valence electrons. The van der Waals surface area contributed by atoms with E-state index >= 15 is 0 Å². The Morgan fingerprint density at radius 1 is 0.889 bits per heavy atom. The third-order valence-corrected chi connectivity index (χ3v) is 6.47. The average molecular weight is 486 g/mol. The number of imide groups is 1. The molecule has 8 nitrogen and oxygen atoms in total. The molecule has 8 heteroatoms. The smallest absolute Gasteiger partial charge is 0.325 e. The summed E-state index contributed by atoms with van der Waals surface area (Å²) in [6.07, 6.45) is 0. The lowest BCUT2D eigenvalue weighted by Crippen LogP contribution is -2.44. The van der Waals surface area contributed by atoms with Crippen molar-refractivity contribution in [2.75, 3.05) is 19.8 Å². The summed E-state index contributed by atoms with van der Waals surface area (Å²) >= 11 is 0. The van der Waals surface area contributed by atoms with Crippen molar-refractivity contribution < 1.29 is 23.9 Å². The Kier molecular flexibility index (Phi) is 6.33. The van der Waals surface area contributed by atoms with Crippen LogP contribution in [-0.4, -0.2) is 47.4 Å². The standard InChI is InChI=1S/C28H27N3O5/c1-28(22-12-13-23-24(16-22)36-15-14-35-23)26(33)31(27(34)29-28)19-25(32)30(17-20-8-4-2-5-9-20)18-21-10-6-3-7-11-21/h2-13,16H,14-15,17-19H2,1H3,(H,29,34)/t28-/m1/s1. The van der Waals surface area contributed by atoms with Crippen molar-refractivity contribution in [3.63, 3.8) is 0 Å². The summed E-state index contributed by atoms with van der Waals surface area (Å²) in [5.41, 5.74) is 1.15. The molecule has 2 heterocycles. The molecule has 1 atom stereocenters. The molecule has 0 bridgehead atoms. The quantitative estimate of drug-likeness (QED) is 0.518. The van der Waals surface area contributed by atoms with Gasteiger partial charge in [-0.3, -0.25) is 14.5 Å². The molecule has 3 aromatic rings. The lowest BCUT2D eigenvalue weighted by atomic mass is 9.91. The molecule has 5 rings (SSSR count). The predicted molar refractivity (Wildman–Crippen MR) is 132 cm³/mol. The maximum Gasteiger partial charge on any atom is 0.325 e. The number of nitrogens with one attached hydrogen (secondary N) is 1. The summed E-state index contributed by atoms with van der Waals surface area (Å²) < 4.78 is 11.2. The van der Waals surface area contributed by atoms with Crippen LogP contribution in [0.1, 0.15) is 23.6 Å². The van der Waals surface area contributed by atoms with E-state index in [1.165, 1.54) is 0 Å². The van der Waals surface area contributed by atoms with Crippen molar-refractivity contribution >= 4 is 17.8 Å². The van der Waals surface area contributed by atoms with Crippen LogP contribution >= 0.6 is 0 Å². The van der Waals surface area contributed by atoms with Gasteiger partial charge in [0.1, 0.15) is 25.3 Å². The van der Waals surface area contributed by atoms with Crippen molar-refractivity contribution in [2.24, 2.45) is 0 Å². The third-order valence-electron chi connectivity index (χ3n) is 6.47. The van der Waals surface area contributed by atoms with Crippen LogP contribution in [0, 0.1) is 0 Å². The van der Waals surface area contributed by atoms with Crippen LogP contribution in [0.2, 0.25) is 0 Å². The number of urea groups is 1. The number of benzene rings is 3. The van der Waals surface area contributed by atoms with Crippen LogP contribution in [0.4, 0.5) is 4.79 Å². The SMILES string of the molecule is C[C@]1(c2ccc3c(c2)OCCO3)NC(=O)N(CC(=O)N(Cc2ccccc2)Cc2ccccc2)C1=O. The van der Waals surface area contributed by atoms with Crippen molar-refractivity contribution in [3.05, 3.63) is 95.6 Å². The van der Waals surface area contributed by atoms with Gasteiger partial charge in [-0.25, -0.2) is 4.79 Å². The Bertz CT molecular complexity index is 1240. The Morgan fingerprint density at radius 2 is 1.47 bits per heavy atom. The summed E-state index contributed by atoms with van der Waals surface area (Å²) in [7, 11) is 0. The fraction of sp³-hybridized carbons (Fsp3) is 0.250. The number of hydrogen-bond donors (Lipinski definition) is 1. The predicted octanol–water partition coefficient (Wildman–Crippen LogP) is 3.45. The van der Waals surface area contributed by atoms with E-state index in [2.05, 4.69) is 5.32 Å². The third kappa shape index (κ3) is 4.62. The number of carbonyl (C=O) groups is 3. The molecule has 0 aromatic heterocycles. The lowest BCUT2D eigenvalue weighted by molar-refractivity contribution is -0.139. The van der Waals surface area contributed by atoms with E-state index in [1.54, 1.807) is 30.0 Å². The number of rotatable bonds is 7. The zero-order valence-electron chi connectivity index (χ0n) is 20.0. The molecule has 36 heavy (non-hydrogen) atoms. The van der Waals surface area contributed by atoms with Crippen LogP contribution in [0.5, 0.6) is 11.5 Å². The minimum Gasteiger partial charge on any atom is -0.486 e. The van der Waals surface area contributed by atoms with E-state index in [0.29, 0.717) is 43.4 Å². The first-order valence-corrected chi connectivity index (χ1v) is 11.8. The van der Waals surface area contributed by atoms with Gasteiger partial charge in [-0.05, 0) is 35.7 Å². The summed E-state index contributed by atoms with van der Waals surface area (Å²) in [5.74, 6) is 0.304. The lowest BCUT2D eigenvalue weighted by Gasteiger charge is -2.26. The first-order chi connectivity index (χ1) is 17.4. The molecule has 1 fully saturated rings. The van der Waals surface area contributed by atoms with Crippen LogP contribution in [0.15, 0.2) is 78.9 Å². The molecular formula is C28H27N3O5. The largest absolute Gasteiger partial charge is 0.486 e. The Balaban J connectivity index is 1.36. The summed E-state index contributed by atoms with van der Waals surface area (Å²) in [6, 6.07) is 23.8. The fourth-order valence-electron chi connectivity index (χ4n) is 4.47. The second kappa shape index (κ2) is 9.73. The normalized spacial score (nSPS) is 18.6. The number of hydrogen-bond acceptors (Lipinski definition) is 5. The summed E-state index contributed by atoms with van der Waals surface area (Å²) in [5, 5.41) is 2.77. The zero-order valence-corrected chi connectivity index (χ0v) is 20.0. The summed E-state index contributed by atoms with van der Waals surface area (Å²) in [4.78, 5) is 42.5. The molecule has 2 aliphatic rings. The molecule has 0 radical (unpaired) electrons. The number of ether oxygens (including phenoxy) is 2. The van der Waals surface area contributed by atoms with Gasteiger partial charge >= 0.3 is 6.03 Å². The molecule has 1 N–H and O–H groups in total. The highest BCUT2D eigenvalue weighted by Crippen LogP contribution is 2.36. The molecule has 4 amide bonds. The van der Waals surface area contributed by atoms with Crippen LogP contribution in [-0.2, 0) is 28.2 Å². The second-order valence-electron chi connectivity index (χ2n) is 9.03. The van der Waals surface area contributed by atoms with Crippen molar-refractivity contribution in [3.8, 4) is 11.5 Å². The Hall–Kier alpha value is -4.33. The second-order valence-corrected chi connectivity index (χ2v) is 9.03. The Morgan fingerprint density at radius 3 is 2.08 bits per heavy atom. The van der Waals surface area contributed by atoms with E-state index in [1.807, 2.05) is 60.7 Å². The monoisotopic (exact) mass is 485 g/mol. The highest BCUT2D eigenvalue weighted by molar-refractivity contribution is 6.09. The van der Waals surface area contributed by atoms with Crippen molar-refractivity contribution in [1.82, 2.24) is 15.1 Å². The Labute approximate surface area is 209 Å². The van der Waals surface area contributed by atoms with Crippen molar-refractivity contribution in [1.29, 1.82) is 0 Å². The molecule has 0 aliphatic carbocycles. The van der Waals surface area contributed by atoms with E-state index < -0.39 is 17.5 Å².